The lowest BCUT2D eigenvalue weighted by atomic mass is 10.1. The van der Waals surface area contributed by atoms with Gasteiger partial charge in [-0.3, -0.25) is 9.69 Å². The molecular weight excluding hydrogens is 300 g/mol. The van der Waals surface area contributed by atoms with Gasteiger partial charge in [0.1, 0.15) is 0 Å². The molecule has 0 spiro atoms. The minimum Gasteiger partial charge on any atom is -0.383 e. The third-order valence-electron chi connectivity index (χ3n) is 3.82. The lowest BCUT2D eigenvalue weighted by Crippen LogP contribution is -2.26. The highest BCUT2D eigenvalue weighted by molar-refractivity contribution is 5.88. The van der Waals surface area contributed by atoms with Crippen molar-refractivity contribution in [3.63, 3.8) is 0 Å². The zero-order valence-corrected chi connectivity index (χ0v) is 14.7. The van der Waals surface area contributed by atoms with Gasteiger partial charge in [-0.1, -0.05) is 42.0 Å². The molecule has 0 aliphatic heterocycles. The summed E-state index contributed by atoms with van der Waals surface area (Å²) in [4.78, 5) is 13.5. The van der Waals surface area contributed by atoms with Crippen molar-refractivity contribution in [2.24, 2.45) is 0 Å². The number of amides is 1. The first kappa shape index (κ1) is 18.2. The lowest BCUT2D eigenvalue weighted by Gasteiger charge is -2.22. The van der Waals surface area contributed by atoms with Gasteiger partial charge in [0.15, 0.2) is 0 Å². The van der Waals surface area contributed by atoms with E-state index in [4.69, 9.17) is 4.74 Å². The minimum atomic E-state index is -0.0520. The summed E-state index contributed by atoms with van der Waals surface area (Å²) in [6.45, 7) is 6.92. The third kappa shape index (κ3) is 6.14. The number of ether oxygens (including phenoxy) is 1. The first-order valence-corrected chi connectivity index (χ1v) is 8.20. The Morgan fingerprint density at radius 2 is 1.54 bits per heavy atom. The Hall–Kier alpha value is -2.17. The van der Waals surface area contributed by atoms with E-state index in [2.05, 4.69) is 53.5 Å². The van der Waals surface area contributed by atoms with E-state index in [0.29, 0.717) is 6.61 Å². The Morgan fingerprint density at radius 3 is 2.04 bits per heavy atom. The van der Waals surface area contributed by atoms with Crippen LogP contribution in [-0.4, -0.2) is 31.1 Å². The number of anilines is 1. The van der Waals surface area contributed by atoms with Crippen molar-refractivity contribution in [2.45, 2.75) is 26.9 Å². The zero-order valence-electron chi connectivity index (χ0n) is 14.7. The zero-order chi connectivity index (χ0) is 17.4. The van der Waals surface area contributed by atoms with Crippen LogP contribution >= 0.6 is 0 Å². The summed E-state index contributed by atoms with van der Waals surface area (Å²) in [5.74, 6) is -0.0520. The highest BCUT2D eigenvalue weighted by atomic mass is 16.5. The topological polar surface area (TPSA) is 41.6 Å². The van der Waals surface area contributed by atoms with E-state index in [-0.39, 0.29) is 5.91 Å². The van der Waals surface area contributed by atoms with E-state index in [1.807, 2.05) is 12.1 Å². The summed E-state index contributed by atoms with van der Waals surface area (Å²) in [5.41, 5.74) is 4.61. The Balaban J connectivity index is 2.01. The second-order valence-corrected chi connectivity index (χ2v) is 6.07. The molecule has 0 atom stereocenters. The Labute approximate surface area is 144 Å². The van der Waals surface area contributed by atoms with Gasteiger partial charge in [0.2, 0.25) is 5.91 Å². The van der Waals surface area contributed by atoms with Crippen LogP contribution in [0.1, 0.15) is 23.6 Å². The summed E-state index contributed by atoms with van der Waals surface area (Å²) in [6, 6.07) is 16.6. The van der Waals surface area contributed by atoms with Gasteiger partial charge in [0.25, 0.3) is 0 Å². The molecule has 1 amide bonds. The van der Waals surface area contributed by atoms with Crippen molar-refractivity contribution in [2.75, 3.05) is 25.6 Å². The molecular formula is C20H26N2O2. The number of nitrogens with one attached hydrogen (secondary N) is 1. The van der Waals surface area contributed by atoms with Gasteiger partial charge in [-0.2, -0.15) is 0 Å². The van der Waals surface area contributed by atoms with Gasteiger partial charge in [0.05, 0.1) is 6.61 Å². The Bertz CT molecular complexity index is 636. The number of hydrogen-bond acceptors (Lipinski definition) is 3. The molecule has 0 unspecified atom stereocenters. The molecule has 0 aliphatic carbocycles. The molecule has 0 heterocycles. The maximum absolute atomic E-state index is 11.1. The van der Waals surface area contributed by atoms with Crippen LogP contribution in [-0.2, 0) is 22.6 Å². The van der Waals surface area contributed by atoms with Crippen LogP contribution < -0.4 is 5.32 Å². The average Bonchev–Trinajstić information content (AvgIpc) is 2.56. The van der Waals surface area contributed by atoms with E-state index >= 15 is 0 Å². The number of benzene rings is 2. The second-order valence-electron chi connectivity index (χ2n) is 6.07. The molecule has 24 heavy (non-hydrogen) atoms. The van der Waals surface area contributed by atoms with E-state index in [0.717, 1.165) is 25.3 Å². The van der Waals surface area contributed by atoms with E-state index in [9.17, 15) is 4.79 Å². The number of carbonyl (C=O) groups is 1. The van der Waals surface area contributed by atoms with Crippen LogP contribution in [0.5, 0.6) is 0 Å². The highest BCUT2D eigenvalue weighted by Crippen LogP contribution is 2.14. The smallest absolute Gasteiger partial charge is 0.221 e. The predicted octanol–water partition coefficient (Wildman–Crippen LogP) is 3.60. The summed E-state index contributed by atoms with van der Waals surface area (Å²) >= 11 is 0. The van der Waals surface area contributed by atoms with Gasteiger partial charge in [-0.25, -0.2) is 0 Å². The van der Waals surface area contributed by atoms with Gasteiger partial charge in [0, 0.05) is 39.4 Å². The van der Waals surface area contributed by atoms with Crippen LogP contribution in [0.3, 0.4) is 0 Å². The summed E-state index contributed by atoms with van der Waals surface area (Å²) in [5, 5.41) is 2.79. The molecule has 2 aromatic rings. The SMILES string of the molecule is COCCN(Cc1ccc(C)cc1)Cc1ccc(NC(C)=O)cc1. The Kier molecular flexibility index (Phi) is 6.97. The number of aryl methyl sites for hydroxylation is 1. The normalized spacial score (nSPS) is 10.8. The molecule has 4 heteroatoms. The molecule has 0 saturated heterocycles. The monoisotopic (exact) mass is 326 g/mol. The molecule has 0 aliphatic rings. The van der Waals surface area contributed by atoms with Crippen molar-refractivity contribution in [1.29, 1.82) is 0 Å². The maximum Gasteiger partial charge on any atom is 0.221 e. The van der Waals surface area contributed by atoms with Crippen molar-refractivity contribution in [3.05, 3.63) is 65.2 Å². The predicted molar refractivity (Wildman–Crippen MR) is 97.9 cm³/mol. The van der Waals surface area contributed by atoms with Crippen molar-refractivity contribution >= 4 is 11.6 Å². The van der Waals surface area contributed by atoms with Crippen molar-refractivity contribution < 1.29 is 9.53 Å². The van der Waals surface area contributed by atoms with Crippen LogP contribution in [0.2, 0.25) is 0 Å². The quantitative estimate of drug-likeness (QED) is 0.806. The van der Waals surface area contributed by atoms with Crippen LogP contribution in [0.25, 0.3) is 0 Å². The van der Waals surface area contributed by atoms with E-state index < -0.39 is 0 Å². The number of rotatable bonds is 8. The van der Waals surface area contributed by atoms with E-state index in [1.54, 1.807) is 7.11 Å². The molecule has 0 bridgehead atoms. The first-order valence-electron chi connectivity index (χ1n) is 8.20. The number of methoxy groups -OCH3 is 1. The largest absolute Gasteiger partial charge is 0.383 e. The molecule has 2 rings (SSSR count). The Morgan fingerprint density at radius 1 is 1.00 bits per heavy atom. The van der Waals surface area contributed by atoms with Crippen LogP contribution in [0, 0.1) is 6.92 Å². The molecule has 1 N–H and O–H groups in total. The maximum atomic E-state index is 11.1. The number of hydrogen-bond donors (Lipinski definition) is 1. The number of carbonyl (C=O) groups excluding carboxylic acids is 1. The molecule has 2 aromatic carbocycles. The fourth-order valence-electron chi connectivity index (χ4n) is 2.54. The fraction of sp³-hybridized carbons (Fsp3) is 0.350. The van der Waals surface area contributed by atoms with Crippen molar-refractivity contribution in [1.82, 2.24) is 4.90 Å². The summed E-state index contributed by atoms with van der Waals surface area (Å²) in [7, 11) is 1.73. The average molecular weight is 326 g/mol. The molecule has 0 aromatic heterocycles. The minimum absolute atomic E-state index is 0.0520. The second kappa shape index (κ2) is 9.21. The summed E-state index contributed by atoms with van der Waals surface area (Å²) < 4.78 is 5.24. The molecule has 0 radical (unpaired) electrons. The third-order valence-corrected chi connectivity index (χ3v) is 3.82. The number of nitrogens with zero attached hydrogens (tertiary/aromatic N) is 1. The standard InChI is InChI=1S/C20H26N2O2/c1-16-4-6-18(7-5-16)14-22(12-13-24-3)15-19-8-10-20(11-9-19)21-17(2)23/h4-11H,12-15H2,1-3H3,(H,21,23). The lowest BCUT2D eigenvalue weighted by molar-refractivity contribution is -0.114. The van der Waals surface area contributed by atoms with Crippen molar-refractivity contribution in [3.8, 4) is 0 Å². The molecule has 128 valence electrons. The fourth-order valence-corrected chi connectivity index (χ4v) is 2.54. The van der Waals surface area contributed by atoms with Crippen LogP contribution in [0.4, 0.5) is 5.69 Å². The molecule has 0 fully saturated rings. The van der Waals surface area contributed by atoms with E-state index in [1.165, 1.54) is 23.6 Å². The summed E-state index contributed by atoms with van der Waals surface area (Å²) in [6.07, 6.45) is 0. The van der Waals surface area contributed by atoms with Gasteiger partial charge in [-0.15, -0.1) is 0 Å². The highest BCUT2D eigenvalue weighted by Gasteiger charge is 2.07. The van der Waals surface area contributed by atoms with Gasteiger partial charge >= 0.3 is 0 Å². The van der Waals surface area contributed by atoms with Gasteiger partial charge in [-0.05, 0) is 30.2 Å². The van der Waals surface area contributed by atoms with Gasteiger partial charge < -0.3 is 10.1 Å². The first-order chi connectivity index (χ1) is 11.6. The molecule has 4 nitrogen and oxygen atoms in total. The molecule has 0 saturated carbocycles. The van der Waals surface area contributed by atoms with Crippen LogP contribution in [0.15, 0.2) is 48.5 Å².